The molecule has 0 aliphatic rings. The maximum atomic E-state index is 12.3. The van der Waals surface area contributed by atoms with Gasteiger partial charge in [-0.2, -0.15) is 28.6 Å². The van der Waals surface area contributed by atoms with Crippen LogP contribution in [0.2, 0.25) is 0 Å². The molecule has 0 bridgehead atoms. The fourth-order valence-electron chi connectivity index (χ4n) is 3.89. The Morgan fingerprint density at radius 1 is 1.08 bits per heavy atom. The second kappa shape index (κ2) is 10.1. The number of carbonyl (C=O) groups is 1. The Morgan fingerprint density at radius 2 is 1.92 bits per heavy atom. The van der Waals surface area contributed by atoms with E-state index in [9.17, 15) is 23.2 Å². The van der Waals surface area contributed by atoms with Crippen molar-refractivity contribution in [3.05, 3.63) is 79.3 Å². The number of nitriles is 1. The lowest BCUT2D eigenvalue weighted by molar-refractivity contribution is -0.122. The molecule has 5 aromatic rings. The van der Waals surface area contributed by atoms with Gasteiger partial charge in [-0.15, -0.1) is 0 Å². The average Bonchev–Trinajstić information content (AvgIpc) is 3.66. The van der Waals surface area contributed by atoms with E-state index in [-0.39, 0.29) is 12.5 Å². The van der Waals surface area contributed by atoms with E-state index in [1.54, 1.807) is 82.0 Å². The third kappa shape index (κ3) is 5.34. The summed E-state index contributed by atoms with van der Waals surface area (Å²) >= 11 is 0. The monoisotopic (exact) mass is 520 g/mol. The van der Waals surface area contributed by atoms with Crippen molar-refractivity contribution < 1.29 is 22.4 Å². The lowest BCUT2D eigenvalue weighted by Crippen LogP contribution is -2.36. The number of urea groups is 1. The van der Waals surface area contributed by atoms with Crippen LogP contribution in [0.1, 0.15) is 18.2 Å². The van der Waals surface area contributed by atoms with Crippen LogP contribution in [0.3, 0.4) is 0 Å². The maximum absolute atomic E-state index is 12.3. The molecule has 0 aliphatic heterocycles. The van der Waals surface area contributed by atoms with Gasteiger partial charge in [0.15, 0.2) is 5.65 Å². The van der Waals surface area contributed by atoms with E-state index in [2.05, 4.69) is 26.6 Å². The first-order valence-corrected chi connectivity index (χ1v) is 11.3. The lowest BCUT2D eigenvalue weighted by Gasteiger charge is -2.11. The fraction of sp³-hybridized carbons (Fsp3) is 0.160. The van der Waals surface area contributed by atoms with E-state index in [4.69, 9.17) is 4.42 Å². The number of furan rings is 1. The van der Waals surface area contributed by atoms with Crippen LogP contribution in [0.25, 0.3) is 28.0 Å². The van der Waals surface area contributed by atoms with Gasteiger partial charge >= 0.3 is 12.2 Å². The minimum Gasteiger partial charge on any atom is -0.467 e. The predicted octanol–water partition coefficient (Wildman–Crippen LogP) is 5.04. The number of carbonyl (C=O) groups excluding carboxylic acids is 1. The van der Waals surface area contributed by atoms with E-state index in [0.29, 0.717) is 28.4 Å². The highest BCUT2D eigenvalue weighted by Gasteiger charge is 2.27. The summed E-state index contributed by atoms with van der Waals surface area (Å²) in [5.41, 5.74) is 3.66. The summed E-state index contributed by atoms with van der Waals surface area (Å²) < 4.78 is 45.8. The summed E-state index contributed by atoms with van der Waals surface area (Å²) in [7, 11) is 0. The Balaban J connectivity index is 1.36. The van der Waals surface area contributed by atoms with Crippen LogP contribution >= 0.6 is 0 Å². The molecule has 2 amide bonds. The van der Waals surface area contributed by atoms with Crippen molar-refractivity contribution >= 4 is 17.4 Å². The molecular weight excluding hydrogens is 501 g/mol. The molecule has 38 heavy (non-hydrogen) atoms. The molecule has 192 valence electrons. The van der Waals surface area contributed by atoms with Crippen LogP contribution < -0.4 is 10.6 Å². The molecule has 0 radical (unpaired) electrons. The molecular formula is C25H19F3N8O2. The van der Waals surface area contributed by atoms with Crippen molar-refractivity contribution in [2.45, 2.75) is 18.6 Å². The number of rotatable bonds is 7. The van der Waals surface area contributed by atoms with Crippen molar-refractivity contribution in [3.8, 4) is 28.5 Å². The number of aromatic nitrogens is 5. The van der Waals surface area contributed by atoms with Crippen molar-refractivity contribution in [2.75, 3.05) is 11.9 Å². The van der Waals surface area contributed by atoms with Gasteiger partial charge in [0.1, 0.15) is 18.3 Å². The Bertz CT molecular complexity index is 1620. The van der Waals surface area contributed by atoms with Gasteiger partial charge in [-0.25, -0.2) is 14.3 Å². The highest BCUT2D eigenvalue weighted by atomic mass is 19.4. The molecule has 13 heteroatoms. The summed E-state index contributed by atoms with van der Waals surface area (Å²) in [5.74, 6) is 0.627. The number of imidazole rings is 1. The van der Waals surface area contributed by atoms with Crippen LogP contribution in [-0.4, -0.2) is 43.1 Å². The van der Waals surface area contributed by atoms with E-state index in [0.717, 1.165) is 11.1 Å². The van der Waals surface area contributed by atoms with Gasteiger partial charge in [-0.3, -0.25) is 4.68 Å². The maximum Gasteiger partial charge on any atom is 0.405 e. The largest absolute Gasteiger partial charge is 0.467 e. The van der Waals surface area contributed by atoms with Crippen molar-refractivity contribution in [3.63, 3.8) is 0 Å². The second-order valence-corrected chi connectivity index (χ2v) is 8.26. The van der Waals surface area contributed by atoms with E-state index >= 15 is 0 Å². The van der Waals surface area contributed by atoms with Gasteiger partial charge in [0.25, 0.3) is 0 Å². The highest BCUT2D eigenvalue weighted by molar-refractivity contribution is 5.90. The van der Waals surface area contributed by atoms with Crippen molar-refractivity contribution in [1.29, 1.82) is 5.26 Å². The van der Waals surface area contributed by atoms with Crippen LogP contribution in [-0.2, 0) is 0 Å². The van der Waals surface area contributed by atoms with E-state index < -0.39 is 18.8 Å². The molecule has 10 nitrogen and oxygen atoms in total. The summed E-state index contributed by atoms with van der Waals surface area (Å²) in [6.07, 6.45) is 3.97. The molecule has 0 aliphatic carbocycles. The number of hydrogen-bond donors (Lipinski definition) is 2. The zero-order valence-corrected chi connectivity index (χ0v) is 19.6. The quantitative estimate of drug-likeness (QED) is 0.310. The lowest BCUT2D eigenvalue weighted by atomic mass is 10.1. The van der Waals surface area contributed by atoms with Crippen LogP contribution in [0.5, 0.6) is 0 Å². The molecule has 1 atom stereocenters. The smallest absolute Gasteiger partial charge is 0.405 e. The Kier molecular flexibility index (Phi) is 6.53. The van der Waals surface area contributed by atoms with Gasteiger partial charge in [-0.1, -0.05) is 12.1 Å². The van der Waals surface area contributed by atoms with Gasteiger partial charge in [0, 0.05) is 28.6 Å². The molecule has 0 saturated heterocycles. The number of alkyl halides is 3. The van der Waals surface area contributed by atoms with Gasteiger partial charge < -0.3 is 15.1 Å². The normalized spacial score (nSPS) is 12.3. The van der Waals surface area contributed by atoms with E-state index in [1.807, 2.05) is 6.07 Å². The molecule has 4 aromatic heterocycles. The van der Waals surface area contributed by atoms with Crippen molar-refractivity contribution in [1.82, 2.24) is 29.7 Å². The molecule has 0 spiro atoms. The zero-order valence-electron chi connectivity index (χ0n) is 19.6. The number of nitrogens with one attached hydrogen (secondary N) is 2. The first-order chi connectivity index (χ1) is 18.3. The molecule has 2 N–H and O–H groups in total. The van der Waals surface area contributed by atoms with Crippen molar-refractivity contribution in [2.24, 2.45) is 0 Å². The average molecular weight is 520 g/mol. The third-order valence-corrected chi connectivity index (χ3v) is 5.64. The number of amides is 2. The summed E-state index contributed by atoms with van der Waals surface area (Å²) in [6.45, 7) is -1.43. The highest BCUT2D eigenvalue weighted by Crippen LogP contribution is 2.28. The fourth-order valence-corrected chi connectivity index (χ4v) is 3.89. The summed E-state index contributed by atoms with van der Waals surface area (Å²) in [4.78, 5) is 16.2. The van der Waals surface area contributed by atoms with Crippen LogP contribution in [0.15, 0.2) is 77.9 Å². The van der Waals surface area contributed by atoms with Gasteiger partial charge in [-0.05, 0) is 30.3 Å². The van der Waals surface area contributed by atoms with Crippen LogP contribution in [0.4, 0.5) is 23.7 Å². The van der Waals surface area contributed by atoms with E-state index in [1.165, 1.54) is 0 Å². The van der Waals surface area contributed by atoms with Crippen LogP contribution in [0, 0.1) is 11.3 Å². The Morgan fingerprint density at radius 3 is 2.68 bits per heavy atom. The number of nitrogens with zero attached hydrogens (tertiary/aromatic N) is 6. The molecule has 1 unspecified atom stereocenters. The second-order valence-electron chi connectivity index (χ2n) is 8.26. The zero-order chi connectivity index (χ0) is 26.7. The molecule has 0 saturated carbocycles. The molecule has 1 aromatic carbocycles. The summed E-state index contributed by atoms with van der Waals surface area (Å²) in [5, 5.41) is 22.3. The number of halogens is 3. The number of benzene rings is 1. The first-order valence-electron chi connectivity index (χ1n) is 11.3. The standard InChI is InChI=1S/C25H19F3N8O2/c26-25(27,28)15-31-24(37)34-19-4-1-3-16(9-19)21-13-30-23-10-17(11-33-36(21)23)18-12-32-35(14-18)20(6-7-29)22-5-2-8-38-22/h1-5,8-14,20H,6,15H2,(H2,31,34,37). The molecule has 5 rings (SSSR count). The number of fused-ring (bicyclic) bond motifs is 1. The van der Waals surface area contributed by atoms with Gasteiger partial charge in [0.2, 0.25) is 0 Å². The molecule has 0 fully saturated rings. The topological polar surface area (TPSA) is 126 Å². The minimum absolute atomic E-state index is 0.188. The number of anilines is 1. The third-order valence-electron chi connectivity index (χ3n) is 5.64. The SMILES string of the molecule is N#CCC(c1ccco1)n1cc(-c2cnn3c(-c4cccc(NC(=O)NCC(F)(F)F)c4)cnc3c2)cn1. The predicted molar refractivity (Wildman–Crippen MR) is 130 cm³/mol. The Hall–Kier alpha value is -5.12. The van der Waals surface area contributed by atoms with Gasteiger partial charge in [0.05, 0.1) is 43.0 Å². The number of hydrogen-bond acceptors (Lipinski definition) is 6. The first kappa shape index (κ1) is 24.6. The Labute approximate surface area is 213 Å². The minimum atomic E-state index is -4.50. The summed E-state index contributed by atoms with van der Waals surface area (Å²) in [6, 6.07) is 12.8. The molecule has 4 heterocycles.